The number of amides is 2. The van der Waals surface area contributed by atoms with Gasteiger partial charge in [-0.2, -0.15) is 0 Å². The van der Waals surface area contributed by atoms with Crippen LogP contribution in [0, 0.1) is 17.7 Å². The summed E-state index contributed by atoms with van der Waals surface area (Å²) >= 11 is 0. The van der Waals surface area contributed by atoms with Crippen LogP contribution in [0.3, 0.4) is 0 Å². The highest BCUT2D eigenvalue weighted by molar-refractivity contribution is 5.79. The predicted molar refractivity (Wildman–Crippen MR) is 115 cm³/mol. The maximum Gasteiger partial charge on any atom is 0.409 e. The Morgan fingerprint density at radius 1 is 1.06 bits per heavy atom. The number of ether oxygens (including phenoxy) is 2. The lowest BCUT2D eigenvalue weighted by Gasteiger charge is -2.30. The first-order valence-corrected chi connectivity index (χ1v) is 10.6. The van der Waals surface area contributed by atoms with Gasteiger partial charge in [0.25, 0.3) is 0 Å². The summed E-state index contributed by atoms with van der Waals surface area (Å²) in [7, 11) is 0. The summed E-state index contributed by atoms with van der Waals surface area (Å²) in [6.45, 7) is 5.66. The van der Waals surface area contributed by atoms with Crippen molar-refractivity contribution in [3.63, 3.8) is 0 Å². The first kappa shape index (κ1) is 22.6. The lowest BCUT2D eigenvalue weighted by molar-refractivity contribution is -0.126. The average molecular weight is 429 g/mol. The number of halogens is 1. The number of nitrogens with zero attached hydrogens (tertiary/aromatic N) is 1. The summed E-state index contributed by atoms with van der Waals surface area (Å²) in [5.74, 6) is 0.260. The van der Waals surface area contributed by atoms with Crippen LogP contribution in [0.4, 0.5) is 9.18 Å². The number of likely N-dealkylation sites (tertiary alicyclic amines) is 1. The minimum Gasteiger partial charge on any atom is -0.454 e. The van der Waals surface area contributed by atoms with E-state index in [0.717, 1.165) is 5.56 Å². The van der Waals surface area contributed by atoms with E-state index in [1.54, 1.807) is 35.2 Å². The van der Waals surface area contributed by atoms with Gasteiger partial charge in [-0.05, 0) is 37.0 Å². The summed E-state index contributed by atoms with van der Waals surface area (Å²) in [6, 6.07) is 13.4. The fraction of sp³-hybridized carbons (Fsp3) is 0.417. The normalized spacial score (nSPS) is 14.4. The number of rotatable bonds is 7. The number of benzene rings is 2. The van der Waals surface area contributed by atoms with Crippen LogP contribution in [-0.4, -0.2) is 36.6 Å². The van der Waals surface area contributed by atoms with Gasteiger partial charge in [0.15, 0.2) is 11.6 Å². The smallest absolute Gasteiger partial charge is 0.409 e. The highest BCUT2D eigenvalue weighted by atomic mass is 19.1. The predicted octanol–water partition coefficient (Wildman–Crippen LogP) is 4.74. The minimum atomic E-state index is -0.444. The Bertz CT molecular complexity index is 895. The summed E-state index contributed by atoms with van der Waals surface area (Å²) in [5.41, 5.74) is 0.758. The van der Waals surface area contributed by atoms with Crippen molar-refractivity contribution in [1.29, 1.82) is 0 Å². The molecule has 1 aliphatic heterocycles. The zero-order chi connectivity index (χ0) is 22.2. The van der Waals surface area contributed by atoms with Crippen LogP contribution >= 0.6 is 0 Å². The maximum atomic E-state index is 13.9. The lowest BCUT2D eigenvalue weighted by atomic mass is 9.96. The van der Waals surface area contributed by atoms with Crippen LogP contribution in [-0.2, 0) is 16.1 Å². The Morgan fingerprint density at radius 3 is 2.39 bits per heavy atom. The summed E-state index contributed by atoms with van der Waals surface area (Å²) in [6.07, 6.45) is 0.873. The Labute approximate surface area is 182 Å². The first-order valence-electron chi connectivity index (χ1n) is 10.6. The SMILES string of the molecule is CC(C)COC(=O)N1CCC(C(=O)NCc2ccccc2Oc2ccccc2F)CC1. The second-order valence-electron chi connectivity index (χ2n) is 8.09. The van der Waals surface area contributed by atoms with Crippen LogP contribution < -0.4 is 10.1 Å². The molecule has 0 atom stereocenters. The molecule has 0 aliphatic carbocycles. The molecule has 3 rings (SSSR count). The van der Waals surface area contributed by atoms with Gasteiger partial charge in [0, 0.05) is 31.1 Å². The molecule has 1 heterocycles. The van der Waals surface area contributed by atoms with E-state index in [0.29, 0.717) is 38.3 Å². The Hall–Kier alpha value is -3.09. The van der Waals surface area contributed by atoms with Crippen molar-refractivity contribution in [1.82, 2.24) is 10.2 Å². The zero-order valence-electron chi connectivity index (χ0n) is 18.0. The summed E-state index contributed by atoms with van der Waals surface area (Å²) in [5, 5.41) is 2.95. The monoisotopic (exact) mass is 428 g/mol. The molecule has 2 amide bonds. The number of carbonyl (C=O) groups is 2. The maximum absolute atomic E-state index is 13.9. The average Bonchev–Trinajstić information content (AvgIpc) is 2.78. The van der Waals surface area contributed by atoms with Crippen molar-refractivity contribution in [2.24, 2.45) is 11.8 Å². The molecule has 7 heteroatoms. The van der Waals surface area contributed by atoms with E-state index < -0.39 is 5.82 Å². The van der Waals surface area contributed by atoms with Crippen LogP contribution in [0.2, 0.25) is 0 Å². The van der Waals surface area contributed by atoms with Gasteiger partial charge in [0.05, 0.1) is 6.61 Å². The molecule has 0 saturated carbocycles. The molecule has 31 heavy (non-hydrogen) atoms. The van der Waals surface area contributed by atoms with E-state index in [4.69, 9.17) is 9.47 Å². The fourth-order valence-corrected chi connectivity index (χ4v) is 3.38. The molecule has 0 bridgehead atoms. The molecule has 0 unspecified atom stereocenters. The molecule has 166 valence electrons. The highest BCUT2D eigenvalue weighted by Crippen LogP contribution is 2.27. The van der Waals surface area contributed by atoms with Crippen LogP contribution in [0.15, 0.2) is 48.5 Å². The van der Waals surface area contributed by atoms with E-state index in [-0.39, 0.29) is 36.1 Å². The van der Waals surface area contributed by atoms with Crippen molar-refractivity contribution >= 4 is 12.0 Å². The molecule has 1 fully saturated rings. The second kappa shape index (κ2) is 10.8. The van der Waals surface area contributed by atoms with Crippen molar-refractivity contribution in [3.8, 4) is 11.5 Å². The summed E-state index contributed by atoms with van der Waals surface area (Å²) < 4.78 is 24.9. The molecular formula is C24H29FN2O4. The highest BCUT2D eigenvalue weighted by Gasteiger charge is 2.28. The molecule has 0 aromatic heterocycles. The first-order chi connectivity index (χ1) is 14.9. The van der Waals surface area contributed by atoms with Crippen molar-refractivity contribution < 1.29 is 23.5 Å². The van der Waals surface area contributed by atoms with Crippen molar-refractivity contribution in [3.05, 3.63) is 59.9 Å². The number of hydrogen-bond acceptors (Lipinski definition) is 4. The van der Waals surface area contributed by atoms with E-state index in [2.05, 4.69) is 5.32 Å². The minimum absolute atomic E-state index is 0.0594. The van der Waals surface area contributed by atoms with Crippen LogP contribution in [0.25, 0.3) is 0 Å². The van der Waals surface area contributed by atoms with E-state index in [1.807, 2.05) is 26.0 Å². The van der Waals surface area contributed by atoms with Crippen molar-refractivity contribution in [2.45, 2.75) is 33.2 Å². The van der Waals surface area contributed by atoms with Crippen LogP contribution in [0.5, 0.6) is 11.5 Å². The fourth-order valence-electron chi connectivity index (χ4n) is 3.38. The van der Waals surface area contributed by atoms with Gasteiger partial charge in [0.1, 0.15) is 5.75 Å². The van der Waals surface area contributed by atoms with Gasteiger partial charge in [-0.1, -0.05) is 44.2 Å². The molecule has 0 radical (unpaired) electrons. The molecule has 6 nitrogen and oxygen atoms in total. The third-order valence-electron chi connectivity index (χ3n) is 5.15. The Morgan fingerprint density at radius 2 is 1.71 bits per heavy atom. The number of carbonyl (C=O) groups excluding carboxylic acids is 2. The topological polar surface area (TPSA) is 67.9 Å². The molecular weight excluding hydrogens is 399 g/mol. The Kier molecular flexibility index (Phi) is 7.87. The second-order valence-corrected chi connectivity index (χ2v) is 8.09. The molecule has 0 spiro atoms. The van der Waals surface area contributed by atoms with Gasteiger partial charge in [-0.3, -0.25) is 4.79 Å². The summed E-state index contributed by atoms with van der Waals surface area (Å²) in [4.78, 5) is 26.4. The zero-order valence-corrected chi connectivity index (χ0v) is 18.0. The largest absolute Gasteiger partial charge is 0.454 e. The number of piperidine rings is 1. The molecule has 2 aromatic carbocycles. The quantitative estimate of drug-likeness (QED) is 0.692. The van der Waals surface area contributed by atoms with Gasteiger partial charge >= 0.3 is 6.09 Å². The Balaban J connectivity index is 1.51. The third-order valence-corrected chi connectivity index (χ3v) is 5.15. The standard InChI is InChI=1S/C24H29FN2O4/c1-17(2)16-30-24(29)27-13-11-18(12-14-27)23(28)26-15-19-7-3-5-9-21(19)31-22-10-6-4-8-20(22)25/h3-10,17-18H,11-16H2,1-2H3,(H,26,28). The molecule has 1 saturated heterocycles. The number of nitrogens with one attached hydrogen (secondary N) is 1. The molecule has 1 aliphatic rings. The van der Waals surface area contributed by atoms with Gasteiger partial charge < -0.3 is 19.7 Å². The van der Waals surface area contributed by atoms with Gasteiger partial charge in [0.2, 0.25) is 5.91 Å². The van der Waals surface area contributed by atoms with E-state index in [9.17, 15) is 14.0 Å². The molecule has 2 aromatic rings. The lowest BCUT2D eigenvalue weighted by Crippen LogP contribution is -2.43. The van der Waals surface area contributed by atoms with E-state index in [1.165, 1.54) is 6.07 Å². The number of hydrogen-bond donors (Lipinski definition) is 1. The van der Waals surface area contributed by atoms with Gasteiger partial charge in [-0.15, -0.1) is 0 Å². The van der Waals surface area contributed by atoms with Crippen molar-refractivity contribution in [2.75, 3.05) is 19.7 Å². The number of para-hydroxylation sites is 2. The van der Waals surface area contributed by atoms with Gasteiger partial charge in [-0.25, -0.2) is 9.18 Å². The van der Waals surface area contributed by atoms with Crippen LogP contribution in [0.1, 0.15) is 32.3 Å². The van der Waals surface area contributed by atoms with E-state index >= 15 is 0 Å². The third kappa shape index (κ3) is 6.44. The molecule has 1 N–H and O–H groups in total.